The Hall–Kier alpha value is -0.510. The minimum absolute atomic E-state index is 1.03. The first-order valence-electron chi connectivity index (χ1n) is 0.931. The number of nitrogens with one attached hydrogen (secondary N) is 1. The van der Waals surface area contributed by atoms with E-state index in [0.717, 1.165) is 5.49 Å². The van der Waals surface area contributed by atoms with Crippen LogP contribution in [0.5, 0.6) is 0 Å². The summed E-state index contributed by atoms with van der Waals surface area (Å²) in [5, 5.41) is 2.19. The van der Waals surface area contributed by atoms with E-state index >= 15 is 0 Å². The van der Waals surface area contributed by atoms with Crippen molar-refractivity contribution in [2.24, 2.45) is 5.29 Å². The molecule has 0 heterocycles. The van der Waals surface area contributed by atoms with Gasteiger partial charge in [-0.2, -0.15) is 0 Å². The molecular weight excluding hydrogens is 88.1 g/mol. The maximum atomic E-state index is 8.95. The summed E-state index contributed by atoms with van der Waals surface area (Å²) in [6.07, 6.45) is 0. The molecule has 0 saturated carbocycles. The van der Waals surface area contributed by atoms with E-state index in [0.29, 0.717) is 0 Å². The first-order chi connectivity index (χ1) is 2.41. The summed E-state index contributed by atoms with van der Waals surface area (Å²) in [6.45, 7) is 0. The summed E-state index contributed by atoms with van der Waals surface area (Å²) in [5.41, 5.74) is 2.91. The van der Waals surface area contributed by atoms with Gasteiger partial charge in [-0.25, -0.2) is 5.43 Å². The van der Waals surface area contributed by atoms with E-state index in [1.165, 1.54) is 0 Å². The first-order valence-corrected chi connectivity index (χ1v) is 1.40. The van der Waals surface area contributed by atoms with E-state index < -0.39 is 0 Å². The van der Waals surface area contributed by atoms with Gasteiger partial charge >= 0.3 is 0 Å². The highest BCUT2D eigenvalue weighted by molar-refractivity contribution is 7.78. The van der Waals surface area contributed by atoms with Crippen LogP contribution in [0.25, 0.3) is 0 Å². The molecule has 1 N–H and O–H groups in total. The van der Waals surface area contributed by atoms with Crippen LogP contribution in [-0.4, -0.2) is 5.49 Å². The monoisotopic (exact) mass is 90.0 g/mol. The van der Waals surface area contributed by atoms with Crippen molar-refractivity contribution >= 4 is 17.7 Å². The molecule has 0 rings (SSSR count). The van der Waals surface area contributed by atoms with Gasteiger partial charge in [-0.3, -0.25) is 0 Å². The molecule has 0 aliphatic rings. The molecule has 28 valence electrons. The van der Waals surface area contributed by atoms with Crippen molar-refractivity contribution in [3.05, 3.63) is 4.91 Å². The molecule has 0 unspecified atom stereocenters. The van der Waals surface area contributed by atoms with Crippen LogP contribution >= 0.6 is 12.2 Å². The summed E-state index contributed by atoms with van der Waals surface area (Å²) in [7, 11) is 0. The fourth-order valence-corrected chi connectivity index (χ4v) is 0.0645. The number of rotatable bonds is 2. The molecule has 0 aromatic heterocycles. The van der Waals surface area contributed by atoms with Crippen LogP contribution in [0.4, 0.5) is 0 Å². The van der Waals surface area contributed by atoms with Gasteiger partial charge in [0.05, 0.1) is 10.8 Å². The van der Waals surface area contributed by atoms with E-state index in [2.05, 4.69) is 17.5 Å². The Bertz CT molecular complexity index is 38.9. The molecule has 0 saturated heterocycles. The predicted molar refractivity (Wildman–Crippen MR) is 22.6 cm³/mol. The Morgan fingerprint density at radius 2 is 2.60 bits per heavy atom. The maximum Gasteiger partial charge on any atom is 0.0862 e. The highest BCUT2D eigenvalue weighted by Gasteiger charge is 1.52. The number of nitroso groups, excluding NO2 is 1. The molecule has 0 aromatic rings. The molecule has 0 aliphatic carbocycles. The highest BCUT2D eigenvalue weighted by atomic mass is 32.1. The summed E-state index contributed by atoms with van der Waals surface area (Å²) < 4.78 is 0. The predicted octanol–water partition coefficient (Wildman–Crippen LogP) is 0.215. The van der Waals surface area contributed by atoms with Gasteiger partial charge in [0.25, 0.3) is 0 Å². The van der Waals surface area contributed by atoms with Crippen molar-refractivity contribution in [3.63, 3.8) is 0 Å². The molecule has 0 aliphatic heterocycles. The third-order valence-corrected chi connectivity index (χ3v) is 0.211. The van der Waals surface area contributed by atoms with Gasteiger partial charge in [0, 0.05) is 0 Å². The van der Waals surface area contributed by atoms with Crippen molar-refractivity contribution in [3.8, 4) is 0 Å². The van der Waals surface area contributed by atoms with Crippen LogP contribution < -0.4 is 5.43 Å². The minimum atomic E-state index is 1.03. The van der Waals surface area contributed by atoms with E-state index in [-0.39, 0.29) is 0 Å². The second-order valence-corrected chi connectivity index (χ2v) is 0.574. The van der Waals surface area contributed by atoms with Gasteiger partial charge in [0.1, 0.15) is 0 Å². The molecule has 0 amide bonds. The van der Waals surface area contributed by atoms with Gasteiger partial charge < -0.3 is 0 Å². The normalized spacial score (nSPS) is 5.60. The Kier molecular flexibility index (Phi) is 3.13. The molecule has 0 aromatic carbocycles. The lowest BCUT2D eigenvalue weighted by Gasteiger charge is -1.66. The van der Waals surface area contributed by atoms with E-state index in [9.17, 15) is 0 Å². The van der Waals surface area contributed by atoms with Gasteiger partial charge in [-0.1, -0.05) is 12.2 Å². The van der Waals surface area contributed by atoms with Crippen LogP contribution in [0.2, 0.25) is 0 Å². The first kappa shape index (κ1) is 4.49. The van der Waals surface area contributed by atoms with Crippen LogP contribution in [0.3, 0.4) is 0 Å². The second kappa shape index (κ2) is 3.49. The Balaban J connectivity index is 2.65. The van der Waals surface area contributed by atoms with E-state index in [4.69, 9.17) is 4.91 Å². The molecule has 5 heavy (non-hydrogen) atoms. The Morgan fingerprint density at radius 3 is 2.60 bits per heavy atom. The SMILES string of the molecule is O=NNC=S. The number of nitrogens with zero attached hydrogens (tertiary/aromatic N) is 1. The largest absolute Gasteiger partial charge is 0.239 e. The van der Waals surface area contributed by atoms with Crippen molar-refractivity contribution in [1.82, 2.24) is 5.43 Å². The molecule has 0 bridgehead atoms. The van der Waals surface area contributed by atoms with Gasteiger partial charge in [0.15, 0.2) is 0 Å². The van der Waals surface area contributed by atoms with Crippen molar-refractivity contribution < 1.29 is 0 Å². The molecule has 3 nitrogen and oxygen atoms in total. The van der Waals surface area contributed by atoms with Crippen molar-refractivity contribution in [1.29, 1.82) is 0 Å². The van der Waals surface area contributed by atoms with Gasteiger partial charge in [-0.05, 0) is 0 Å². The fraction of sp³-hybridized carbons (Fsp3) is 0. The molecule has 0 fully saturated rings. The van der Waals surface area contributed by atoms with E-state index in [1.54, 1.807) is 0 Å². The third-order valence-electron chi connectivity index (χ3n) is 0.105. The second-order valence-electron chi connectivity index (χ2n) is 0.338. The van der Waals surface area contributed by atoms with E-state index in [1.807, 2.05) is 5.43 Å². The smallest absolute Gasteiger partial charge is 0.0862 e. The fourth-order valence-electron chi connectivity index (χ4n) is 0.0215. The summed E-state index contributed by atoms with van der Waals surface area (Å²) in [4.78, 5) is 8.95. The van der Waals surface area contributed by atoms with Crippen molar-refractivity contribution in [2.45, 2.75) is 0 Å². The lowest BCUT2D eigenvalue weighted by atomic mass is 11.5. The van der Waals surface area contributed by atoms with Gasteiger partial charge in [-0.15, -0.1) is 4.91 Å². The van der Waals surface area contributed by atoms with Crippen LogP contribution in [0.1, 0.15) is 0 Å². The average molecular weight is 90.1 g/mol. The number of hydrogen-bond acceptors (Lipinski definition) is 3. The Labute approximate surface area is 34.3 Å². The number of hydrogen-bond donors (Lipinski definition) is 1. The summed E-state index contributed by atoms with van der Waals surface area (Å²) in [6, 6.07) is 0. The zero-order valence-electron chi connectivity index (χ0n) is 2.34. The number of thiocarbonyl (C=S) groups is 1. The van der Waals surface area contributed by atoms with Crippen LogP contribution in [0, 0.1) is 4.91 Å². The summed E-state index contributed by atoms with van der Waals surface area (Å²) in [5.74, 6) is 0. The van der Waals surface area contributed by atoms with Gasteiger partial charge in [0.2, 0.25) is 0 Å². The average Bonchev–Trinajstić information content (AvgIpc) is 1.41. The Morgan fingerprint density at radius 1 is 2.00 bits per heavy atom. The maximum absolute atomic E-state index is 8.95. The molecular formula is CH2N2OS. The lowest BCUT2D eigenvalue weighted by Crippen LogP contribution is -1.93. The minimum Gasteiger partial charge on any atom is -0.239 e. The summed E-state index contributed by atoms with van der Waals surface area (Å²) >= 11 is 4.12. The van der Waals surface area contributed by atoms with Crippen molar-refractivity contribution in [2.75, 3.05) is 0 Å². The zero-order chi connectivity index (χ0) is 4.12. The molecule has 0 radical (unpaired) electrons. The standard InChI is InChI=1S/CH2N2OS/c4-3-2-1-5/h1H,(H,2,4,5). The topological polar surface area (TPSA) is 41.5 Å². The third kappa shape index (κ3) is 3.49. The quantitative estimate of drug-likeness (QED) is 0.299. The van der Waals surface area contributed by atoms with Crippen LogP contribution in [0.15, 0.2) is 5.29 Å². The zero-order valence-corrected chi connectivity index (χ0v) is 3.16. The van der Waals surface area contributed by atoms with Crippen LogP contribution in [-0.2, 0) is 0 Å². The molecule has 4 heteroatoms. The highest BCUT2D eigenvalue weighted by Crippen LogP contribution is 1.41. The molecule has 0 atom stereocenters. The molecule has 0 spiro atoms. The lowest BCUT2D eigenvalue weighted by molar-refractivity contribution is 1.05.